The molecule has 0 atom stereocenters. The fourth-order valence-electron chi connectivity index (χ4n) is 3.08. The second kappa shape index (κ2) is 8.80. The SMILES string of the molecule is CCCCN(C)C(=O)Cc1c(-c2ccc(Cl)c([N+](=O)[O-])c2)nc2c(Cl)cccn12. The highest BCUT2D eigenvalue weighted by atomic mass is 35.5. The summed E-state index contributed by atoms with van der Waals surface area (Å²) in [6, 6.07) is 7.95. The molecule has 0 radical (unpaired) electrons. The van der Waals surface area contributed by atoms with Gasteiger partial charge in [-0.15, -0.1) is 0 Å². The standard InChI is InChI=1S/C20H20Cl2N4O3/c1-3-4-9-24(2)18(27)12-17-19(23-20-15(22)6-5-10-25(17)20)13-7-8-14(21)16(11-13)26(28)29/h5-8,10-11H,3-4,9,12H2,1-2H3. The molecule has 152 valence electrons. The minimum atomic E-state index is -0.544. The molecule has 1 aromatic carbocycles. The second-order valence-electron chi connectivity index (χ2n) is 6.73. The molecule has 0 spiro atoms. The molecule has 0 saturated carbocycles. The highest BCUT2D eigenvalue weighted by molar-refractivity contribution is 6.33. The Hall–Kier alpha value is -2.64. The third-order valence-electron chi connectivity index (χ3n) is 4.71. The number of amides is 1. The van der Waals surface area contributed by atoms with Crippen molar-refractivity contribution in [3.8, 4) is 11.3 Å². The van der Waals surface area contributed by atoms with Crippen molar-refractivity contribution < 1.29 is 9.72 Å². The van der Waals surface area contributed by atoms with Gasteiger partial charge in [0.25, 0.3) is 5.69 Å². The lowest BCUT2D eigenvalue weighted by Gasteiger charge is -2.17. The zero-order valence-electron chi connectivity index (χ0n) is 16.1. The van der Waals surface area contributed by atoms with Crippen molar-refractivity contribution in [2.24, 2.45) is 0 Å². The Bertz CT molecular complexity index is 1080. The lowest BCUT2D eigenvalue weighted by atomic mass is 10.1. The van der Waals surface area contributed by atoms with Gasteiger partial charge in [0.1, 0.15) is 5.02 Å². The molecule has 0 aliphatic heterocycles. The topological polar surface area (TPSA) is 80.8 Å². The van der Waals surface area contributed by atoms with Gasteiger partial charge in [-0.05, 0) is 24.6 Å². The number of likely N-dealkylation sites (N-methyl/N-ethyl adjacent to an activating group) is 1. The number of hydrogen-bond donors (Lipinski definition) is 0. The van der Waals surface area contributed by atoms with Crippen LogP contribution in [0.15, 0.2) is 36.5 Å². The van der Waals surface area contributed by atoms with Crippen LogP contribution < -0.4 is 0 Å². The Kier molecular flexibility index (Phi) is 6.39. The van der Waals surface area contributed by atoms with Crippen molar-refractivity contribution in [2.45, 2.75) is 26.2 Å². The van der Waals surface area contributed by atoms with Gasteiger partial charge in [-0.3, -0.25) is 14.9 Å². The van der Waals surface area contributed by atoms with E-state index in [9.17, 15) is 14.9 Å². The molecule has 3 rings (SSSR count). The van der Waals surface area contributed by atoms with Crippen LogP contribution in [-0.2, 0) is 11.2 Å². The van der Waals surface area contributed by atoms with Crippen molar-refractivity contribution in [3.05, 3.63) is 62.4 Å². The molecule has 0 fully saturated rings. The molecular formula is C20H20Cl2N4O3. The maximum absolute atomic E-state index is 12.8. The summed E-state index contributed by atoms with van der Waals surface area (Å²) in [7, 11) is 1.76. The first-order chi connectivity index (χ1) is 13.8. The Labute approximate surface area is 178 Å². The average Bonchev–Trinajstić information content (AvgIpc) is 3.06. The van der Waals surface area contributed by atoms with E-state index in [0.29, 0.717) is 34.2 Å². The minimum Gasteiger partial charge on any atom is -0.345 e. The van der Waals surface area contributed by atoms with Crippen LogP contribution in [0.3, 0.4) is 0 Å². The van der Waals surface area contributed by atoms with Gasteiger partial charge in [-0.25, -0.2) is 4.98 Å². The number of nitro groups is 1. The first kappa shape index (κ1) is 21.1. The van der Waals surface area contributed by atoms with Gasteiger partial charge >= 0.3 is 0 Å². The number of pyridine rings is 1. The zero-order valence-corrected chi connectivity index (χ0v) is 17.6. The van der Waals surface area contributed by atoms with Crippen LogP contribution in [0.25, 0.3) is 16.9 Å². The van der Waals surface area contributed by atoms with E-state index in [1.807, 2.05) is 0 Å². The summed E-state index contributed by atoms with van der Waals surface area (Å²) in [5.41, 5.74) is 1.85. The highest BCUT2D eigenvalue weighted by Crippen LogP contribution is 2.33. The third-order valence-corrected chi connectivity index (χ3v) is 5.32. The van der Waals surface area contributed by atoms with Crippen molar-refractivity contribution in [1.82, 2.24) is 14.3 Å². The van der Waals surface area contributed by atoms with Gasteiger partial charge in [0.15, 0.2) is 5.65 Å². The number of carbonyl (C=O) groups excluding carboxylic acids is 1. The molecule has 9 heteroatoms. The fraction of sp³-hybridized carbons (Fsp3) is 0.300. The third kappa shape index (κ3) is 4.36. The van der Waals surface area contributed by atoms with Crippen LogP contribution in [0.5, 0.6) is 0 Å². The molecule has 0 aliphatic rings. The number of unbranched alkanes of at least 4 members (excludes halogenated alkanes) is 1. The molecule has 0 N–H and O–H groups in total. The fourth-order valence-corrected chi connectivity index (χ4v) is 3.47. The largest absolute Gasteiger partial charge is 0.345 e. The maximum atomic E-state index is 12.8. The van der Waals surface area contributed by atoms with Gasteiger partial charge in [0, 0.05) is 31.4 Å². The predicted octanol–water partition coefficient (Wildman–Crippen LogP) is 5.02. The summed E-state index contributed by atoms with van der Waals surface area (Å²) in [4.78, 5) is 29.8. The monoisotopic (exact) mass is 434 g/mol. The molecule has 0 saturated heterocycles. The van der Waals surface area contributed by atoms with Gasteiger partial charge in [0.05, 0.1) is 27.8 Å². The van der Waals surface area contributed by atoms with E-state index in [1.165, 1.54) is 12.1 Å². The summed E-state index contributed by atoms with van der Waals surface area (Å²) in [5.74, 6) is -0.0649. The normalized spacial score (nSPS) is 11.0. The van der Waals surface area contributed by atoms with E-state index in [-0.39, 0.29) is 23.0 Å². The molecule has 7 nitrogen and oxygen atoms in total. The van der Waals surface area contributed by atoms with Crippen LogP contribution in [0.4, 0.5) is 5.69 Å². The van der Waals surface area contributed by atoms with E-state index in [0.717, 1.165) is 12.8 Å². The molecule has 0 unspecified atom stereocenters. The average molecular weight is 435 g/mol. The second-order valence-corrected chi connectivity index (χ2v) is 7.54. The number of nitrogens with zero attached hydrogens (tertiary/aromatic N) is 4. The highest BCUT2D eigenvalue weighted by Gasteiger charge is 2.22. The van der Waals surface area contributed by atoms with Gasteiger partial charge < -0.3 is 9.30 Å². The van der Waals surface area contributed by atoms with Crippen LogP contribution in [-0.4, -0.2) is 38.7 Å². The molecule has 2 aromatic heterocycles. The first-order valence-electron chi connectivity index (χ1n) is 9.17. The Morgan fingerprint density at radius 3 is 2.72 bits per heavy atom. The van der Waals surface area contributed by atoms with Crippen molar-refractivity contribution in [1.29, 1.82) is 0 Å². The van der Waals surface area contributed by atoms with Crippen LogP contribution >= 0.6 is 23.2 Å². The van der Waals surface area contributed by atoms with Gasteiger partial charge in [-0.1, -0.05) is 42.6 Å². The van der Waals surface area contributed by atoms with Crippen molar-refractivity contribution in [3.63, 3.8) is 0 Å². The van der Waals surface area contributed by atoms with E-state index in [1.54, 1.807) is 40.7 Å². The van der Waals surface area contributed by atoms with Gasteiger partial charge in [0.2, 0.25) is 5.91 Å². The molecule has 3 aromatic rings. The van der Waals surface area contributed by atoms with Gasteiger partial charge in [-0.2, -0.15) is 0 Å². The number of nitro benzene ring substituents is 1. The molecule has 29 heavy (non-hydrogen) atoms. The molecule has 2 heterocycles. The van der Waals surface area contributed by atoms with Crippen LogP contribution in [0, 0.1) is 10.1 Å². The summed E-state index contributed by atoms with van der Waals surface area (Å²) >= 11 is 12.2. The molecular weight excluding hydrogens is 415 g/mol. The van der Waals surface area contributed by atoms with Crippen LogP contribution in [0.1, 0.15) is 25.5 Å². The van der Waals surface area contributed by atoms with Crippen molar-refractivity contribution >= 4 is 40.4 Å². The lowest BCUT2D eigenvalue weighted by molar-refractivity contribution is -0.384. The number of rotatable bonds is 7. The number of fused-ring (bicyclic) bond motifs is 1. The first-order valence-corrected chi connectivity index (χ1v) is 9.92. The number of benzene rings is 1. The Morgan fingerprint density at radius 1 is 1.28 bits per heavy atom. The van der Waals surface area contributed by atoms with Crippen LogP contribution in [0.2, 0.25) is 10.0 Å². The maximum Gasteiger partial charge on any atom is 0.288 e. The number of aromatic nitrogens is 2. The number of carbonyl (C=O) groups is 1. The van der Waals surface area contributed by atoms with E-state index in [2.05, 4.69) is 11.9 Å². The van der Waals surface area contributed by atoms with E-state index < -0.39 is 4.92 Å². The van der Waals surface area contributed by atoms with Crippen molar-refractivity contribution in [2.75, 3.05) is 13.6 Å². The number of halogens is 2. The minimum absolute atomic E-state index is 0.0393. The summed E-state index contributed by atoms with van der Waals surface area (Å²) in [6.45, 7) is 2.73. The Morgan fingerprint density at radius 2 is 2.03 bits per heavy atom. The quantitative estimate of drug-likeness (QED) is 0.386. The smallest absolute Gasteiger partial charge is 0.288 e. The summed E-state index contributed by atoms with van der Waals surface area (Å²) in [6.07, 6.45) is 3.77. The Balaban J connectivity index is 2.11. The van der Waals surface area contributed by atoms with E-state index >= 15 is 0 Å². The summed E-state index contributed by atoms with van der Waals surface area (Å²) in [5, 5.41) is 11.8. The van der Waals surface area contributed by atoms with E-state index in [4.69, 9.17) is 23.2 Å². The molecule has 0 bridgehead atoms. The number of hydrogen-bond acceptors (Lipinski definition) is 4. The lowest BCUT2D eigenvalue weighted by Crippen LogP contribution is -2.29. The summed E-state index contributed by atoms with van der Waals surface area (Å²) < 4.78 is 1.75. The molecule has 0 aliphatic carbocycles. The zero-order chi connectivity index (χ0) is 21.1. The molecule has 1 amide bonds. The number of imidazole rings is 1. The predicted molar refractivity (Wildman–Crippen MR) is 114 cm³/mol.